The van der Waals surface area contributed by atoms with Crippen LogP contribution >= 0.6 is 0 Å². The Balaban J connectivity index is 2.31. The third kappa shape index (κ3) is 6.75. The summed E-state index contributed by atoms with van der Waals surface area (Å²) in [5.74, 6) is 7.43. The zero-order chi connectivity index (χ0) is 13.6. The van der Waals surface area contributed by atoms with Gasteiger partial charge in [0.15, 0.2) is 0 Å². The first-order valence-electron chi connectivity index (χ1n) is 7.87. The molecule has 18 heavy (non-hydrogen) atoms. The quantitative estimate of drug-likeness (QED) is 0.549. The molecule has 1 rings (SSSR count). The maximum Gasteiger partial charge on any atom is 0.0215 e. The number of nitrogens with two attached hydrogens (primary N) is 1. The van der Waals surface area contributed by atoms with E-state index in [0.29, 0.717) is 11.5 Å². The molecule has 0 aromatic heterocycles. The van der Waals surface area contributed by atoms with Crippen molar-refractivity contribution in [2.24, 2.45) is 23.1 Å². The minimum Gasteiger partial charge on any atom is -0.271 e. The van der Waals surface area contributed by atoms with E-state index in [1.54, 1.807) is 0 Å². The van der Waals surface area contributed by atoms with Crippen molar-refractivity contribution in [3.63, 3.8) is 0 Å². The normalized spacial score (nSPS) is 21.8. The fraction of sp³-hybridized carbons (Fsp3) is 1.00. The van der Waals surface area contributed by atoms with Gasteiger partial charge in [-0.3, -0.25) is 11.3 Å². The second-order valence-corrected chi connectivity index (χ2v) is 7.71. The lowest BCUT2D eigenvalue weighted by atomic mass is 9.80. The largest absolute Gasteiger partial charge is 0.271 e. The molecule has 3 N–H and O–H groups in total. The molecule has 0 radical (unpaired) electrons. The smallest absolute Gasteiger partial charge is 0.0215 e. The van der Waals surface area contributed by atoms with Crippen molar-refractivity contribution in [1.29, 1.82) is 0 Å². The maximum absolute atomic E-state index is 5.75. The predicted octanol–water partition coefficient (Wildman–Crippen LogP) is 4.25. The summed E-state index contributed by atoms with van der Waals surface area (Å²) in [6.07, 6.45) is 10.9. The summed E-state index contributed by atoms with van der Waals surface area (Å²) in [6, 6.07) is 0.519. The molecule has 108 valence electrons. The summed E-state index contributed by atoms with van der Waals surface area (Å²) >= 11 is 0. The van der Waals surface area contributed by atoms with Crippen molar-refractivity contribution in [2.45, 2.75) is 85.1 Å². The minimum absolute atomic E-state index is 0.434. The van der Waals surface area contributed by atoms with E-state index in [1.165, 1.54) is 51.4 Å². The van der Waals surface area contributed by atoms with Gasteiger partial charge in [0.05, 0.1) is 0 Å². The van der Waals surface area contributed by atoms with Crippen LogP contribution in [0.3, 0.4) is 0 Å². The standard InChI is InChI=1S/C16H34N2/c1-13(12-16(2,3)4)10-15(18-17)11-14-8-6-5-7-9-14/h13-15,18H,5-12,17H2,1-4H3. The van der Waals surface area contributed by atoms with Gasteiger partial charge in [-0.25, -0.2) is 0 Å². The van der Waals surface area contributed by atoms with E-state index >= 15 is 0 Å². The Morgan fingerprint density at radius 3 is 2.28 bits per heavy atom. The number of hydrogen-bond donors (Lipinski definition) is 2. The van der Waals surface area contributed by atoms with Crippen molar-refractivity contribution in [3.05, 3.63) is 0 Å². The molecule has 0 amide bonds. The van der Waals surface area contributed by atoms with Crippen LogP contribution in [0.15, 0.2) is 0 Å². The van der Waals surface area contributed by atoms with Crippen LogP contribution in [0.25, 0.3) is 0 Å². The van der Waals surface area contributed by atoms with Gasteiger partial charge in [0, 0.05) is 6.04 Å². The van der Waals surface area contributed by atoms with Gasteiger partial charge in [-0.05, 0) is 36.5 Å². The lowest BCUT2D eigenvalue weighted by Crippen LogP contribution is -2.38. The van der Waals surface area contributed by atoms with Gasteiger partial charge < -0.3 is 0 Å². The first kappa shape index (κ1) is 16.0. The van der Waals surface area contributed by atoms with Crippen LogP contribution in [-0.4, -0.2) is 6.04 Å². The lowest BCUT2D eigenvalue weighted by Gasteiger charge is -2.30. The highest BCUT2D eigenvalue weighted by Crippen LogP contribution is 2.31. The van der Waals surface area contributed by atoms with E-state index in [0.717, 1.165) is 11.8 Å². The zero-order valence-corrected chi connectivity index (χ0v) is 13.0. The first-order valence-corrected chi connectivity index (χ1v) is 7.87. The highest BCUT2D eigenvalue weighted by molar-refractivity contribution is 4.76. The molecular formula is C16H34N2. The minimum atomic E-state index is 0.434. The number of nitrogens with one attached hydrogen (secondary N) is 1. The molecule has 1 aliphatic carbocycles. The Morgan fingerprint density at radius 2 is 1.78 bits per heavy atom. The topological polar surface area (TPSA) is 38.0 Å². The van der Waals surface area contributed by atoms with Crippen molar-refractivity contribution >= 4 is 0 Å². The Bertz CT molecular complexity index is 214. The average molecular weight is 254 g/mol. The molecule has 2 nitrogen and oxygen atoms in total. The van der Waals surface area contributed by atoms with Crippen LogP contribution < -0.4 is 11.3 Å². The van der Waals surface area contributed by atoms with Gasteiger partial charge in [0.2, 0.25) is 0 Å². The van der Waals surface area contributed by atoms with Crippen LogP contribution in [0.5, 0.6) is 0 Å². The van der Waals surface area contributed by atoms with E-state index in [9.17, 15) is 0 Å². The van der Waals surface area contributed by atoms with E-state index in [1.807, 2.05) is 0 Å². The highest BCUT2D eigenvalue weighted by atomic mass is 15.2. The molecule has 2 atom stereocenters. The van der Waals surface area contributed by atoms with E-state index < -0.39 is 0 Å². The molecule has 1 aliphatic rings. The van der Waals surface area contributed by atoms with Gasteiger partial charge >= 0.3 is 0 Å². The molecule has 0 aromatic rings. The van der Waals surface area contributed by atoms with Crippen molar-refractivity contribution in [3.8, 4) is 0 Å². The van der Waals surface area contributed by atoms with Crippen molar-refractivity contribution < 1.29 is 0 Å². The Morgan fingerprint density at radius 1 is 1.17 bits per heavy atom. The fourth-order valence-electron chi connectivity index (χ4n) is 3.67. The predicted molar refractivity (Wildman–Crippen MR) is 80.2 cm³/mol. The molecule has 0 spiro atoms. The third-order valence-corrected chi connectivity index (χ3v) is 4.23. The second kappa shape index (κ2) is 7.49. The molecule has 2 unspecified atom stereocenters. The molecule has 2 heteroatoms. The van der Waals surface area contributed by atoms with Crippen LogP contribution in [-0.2, 0) is 0 Å². The summed E-state index contributed by atoms with van der Waals surface area (Å²) in [6.45, 7) is 9.36. The zero-order valence-electron chi connectivity index (χ0n) is 13.0. The van der Waals surface area contributed by atoms with Crippen molar-refractivity contribution in [2.75, 3.05) is 0 Å². The molecule has 0 bridgehead atoms. The van der Waals surface area contributed by atoms with Crippen LogP contribution in [0.4, 0.5) is 0 Å². The Kier molecular flexibility index (Phi) is 6.65. The summed E-state index contributed by atoms with van der Waals surface area (Å²) in [5, 5.41) is 0. The maximum atomic E-state index is 5.75. The van der Waals surface area contributed by atoms with E-state index in [-0.39, 0.29) is 0 Å². The van der Waals surface area contributed by atoms with Crippen molar-refractivity contribution in [1.82, 2.24) is 5.43 Å². The van der Waals surface area contributed by atoms with Crippen LogP contribution in [0.1, 0.15) is 79.1 Å². The molecular weight excluding hydrogens is 220 g/mol. The summed E-state index contributed by atoms with van der Waals surface area (Å²) in [5.41, 5.74) is 3.50. The molecule has 0 aliphatic heterocycles. The van der Waals surface area contributed by atoms with Gasteiger partial charge in [-0.1, -0.05) is 59.8 Å². The second-order valence-electron chi connectivity index (χ2n) is 7.71. The van der Waals surface area contributed by atoms with Crippen LogP contribution in [0, 0.1) is 17.3 Å². The molecule has 1 saturated carbocycles. The Hall–Kier alpha value is -0.0800. The molecule has 0 saturated heterocycles. The lowest BCUT2D eigenvalue weighted by molar-refractivity contribution is 0.242. The van der Waals surface area contributed by atoms with Gasteiger partial charge in [-0.15, -0.1) is 0 Å². The van der Waals surface area contributed by atoms with Gasteiger partial charge in [0.25, 0.3) is 0 Å². The van der Waals surface area contributed by atoms with Gasteiger partial charge in [0.1, 0.15) is 0 Å². The summed E-state index contributed by atoms with van der Waals surface area (Å²) in [7, 11) is 0. The Labute approximate surface area is 114 Å². The molecule has 1 fully saturated rings. The van der Waals surface area contributed by atoms with E-state index in [2.05, 4.69) is 33.1 Å². The highest BCUT2D eigenvalue weighted by Gasteiger charge is 2.22. The van der Waals surface area contributed by atoms with Crippen LogP contribution in [0.2, 0.25) is 0 Å². The average Bonchev–Trinajstić information content (AvgIpc) is 2.27. The summed E-state index contributed by atoms with van der Waals surface area (Å²) < 4.78 is 0. The third-order valence-electron chi connectivity index (χ3n) is 4.23. The molecule has 0 aromatic carbocycles. The number of hydrogen-bond acceptors (Lipinski definition) is 2. The monoisotopic (exact) mass is 254 g/mol. The number of rotatable bonds is 6. The number of hydrazine groups is 1. The summed E-state index contributed by atoms with van der Waals surface area (Å²) in [4.78, 5) is 0. The van der Waals surface area contributed by atoms with Gasteiger partial charge in [-0.2, -0.15) is 0 Å². The molecule has 0 heterocycles. The van der Waals surface area contributed by atoms with E-state index in [4.69, 9.17) is 5.84 Å². The SMILES string of the molecule is CC(CC(CC1CCCCC1)NN)CC(C)(C)C. The fourth-order valence-corrected chi connectivity index (χ4v) is 3.67. The first-order chi connectivity index (χ1) is 8.40.